The molecule has 0 aromatic heterocycles. The summed E-state index contributed by atoms with van der Waals surface area (Å²) in [5, 5.41) is 11.7. The van der Waals surface area contributed by atoms with Gasteiger partial charge < -0.3 is 15.2 Å². The first-order valence-corrected chi connectivity index (χ1v) is 6.99. The highest BCUT2D eigenvalue weighted by Gasteiger charge is 2.30. The van der Waals surface area contributed by atoms with E-state index in [0.29, 0.717) is 13.0 Å². The Labute approximate surface area is 114 Å². The highest BCUT2D eigenvalue weighted by Crippen LogP contribution is 2.23. The van der Waals surface area contributed by atoms with Gasteiger partial charge in [0, 0.05) is 24.5 Å². The van der Waals surface area contributed by atoms with E-state index >= 15 is 0 Å². The maximum atomic E-state index is 12.2. The quantitative estimate of drug-likeness (QED) is 0.774. The highest BCUT2D eigenvalue weighted by atomic mass is 16.5. The number of amides is 1. The Morgan fingerprint density at radius 2 is 2.11 bits per heavy atom. The summed E-state index contributed by atoms with van der Waals surface area (Å²) < 4.78 is 5.56. The van der Waals surface area contributed by atoms with Crippen molar-refractivity contribution in [2.75, 3.05) is 6.61 Å². The molecule has 19 heavy (non-hydrogen) atoms. The van der Waals surface area contributed by atoms with Crippen molar-refractivity contribution in [1.29, 1.82) is 0 Å². The number of carbonyl (C=O) groups is 2. The third-order valence-corrected chi connectivity index (χ3v) is 3.62. The van der Waals surface area contributed by atoms with Crippen molar-refractivity contribution in [3.05, 3.63) is 0 Å². The minimum atomic E-state index is -0.834. The maximum Gasteiger partial charge on any atom is 0.303 e. The molecule has 110 valence electrons. The van der Waals surface area contributed by atoms with Crippen LogP contribution in [0.25, 0.3) is 0 Å². The average Bonchev–Trinajstić information content (AvgIpc) is 2.36. The Balaban J connectivity index is 2.46. The number of carboxylic acid groups (broad SMARTS) is 1. The van der Waals surface area contributed by atoms with Gasteiger partial charge in [0.05, 0.1) is 6.10 Å². The summed E-state index contributed by atoms with van der Waals surface area (Å²) in [5.74, 6) is -0.820. The SMILES string of the molecule is CCC1CC(C(=O)NC(C)(C)CCC(=O)O)CCO1. The van der Waals surface area contributed by atoms with Gasteiger partial charge in [0.1, 0.15) is 0 Å². The molecule has 1 aliphatic heterocycles. The number of carboxylic acids is 1. The van der Waals surface area contributed by atoms with Gasteiger partial charge in [0.15, 0.2) is 0 Å². The molecule has 0 radical (unpaired) electrons. The Morgan fingerprint density at radius 3 is 2.68 bits per heavy atom. The zero-order valence-electron chi connectivity index (χ0n) is 12.1. The molecule has 1 saturated heterocycles. The van der Waals surface area contributed by atoms with Crippen LogP contribution in [0.15, 0.2) is 0 Å². The molecule has 2 unspecified atom stereocenters. The number of aliphatic carboxylic acids is 1. The molecule has 5 nitrogen and oxygen atoms in total. The molecule has 1 amide bonds. The van der Waals surface area contributed by atoms with Crippen molar-refractivity contribution < 1.29 is 19.4 Å². The van der Waals surface area contributed by atoms with Crippen molar-refractivity contribution in [3.8, 4) is 0 Å². The standard InChI is InChI=1S/C14H25NO4/c1-4-11-9-10(6-8-19-11)13(18)15-14(2,3)7-5-12(16)17/h10-11H,4-9H2,1-3H3,(H,15,18)(H,16,17). The molecular formula is C14H25NO4. The van der Waals surface area contributed by atoms with Crippen LogP contribution in [0.2, 0.25) is 0 Å². The van der Waals surface area contributed by atoms with Crippen LogP contribution in [0.4, 0.5) is 0 Å². The number of carbonyl (C=O) groups excluding carboxylic acids is 1. The van der Waals surface area contributed by atoms with Gasteiger partial charge in [-0.25, -0.2) is 0 Å². The van der Waals surface area contributed by atoms with Gasteiger partial charge in [-0.15, -0.1) is 0 Å². The van der Waals surface area contributed by atoms with E-state index in [4.69, 9.17) is 9.84 Å². The van der Waals surface area contributed by atoms with Crippen LogP contribution in [0.1, 0.15) is 52.9 Å². The predicted octanol–water partition coefficient (Wildman–Crippen LogP) is 1.95. The van der Waals surface area contributed by atoms with Crippen LogP contribution in [0, 0.1) is 5.92 Å². The fourth-order valence-electron chi connectivity index (χ4n) is 2.32. The third-order valence-electron chi connectivity index (χ3n) is 3.62. The fourth-order valence-corrected chi connectivity index (χ4v) is 2.32. The van der Waals surface area contributed by atoms with Gasteiger partial charge >= 0.3 is 5.97 Å². The number of hydrogen-bond acceptors (Lipinski definition) is 3. The largest absolute Gasteiger partial charge is 0.481 e. The molecule has 1 fully saturated rings. The van der Waals surface area contributed by atoms with Crippen molar-refractivity contribution in [1.82, 2.24) is 5.32 Å². The van der Waals surface area contributed by atoms with E-state index in [9.17, 15) is 9.59 Å². The lowest BCUT2D eigenvalue weighted by Gasteiger charge is -2.32. The van der Waals surface area contributed by atoms with Crippen molar-refractivity contribution >= 4 is 11.9 Å². The van der Waals surface area contributed by atoms with E-state index in [2.05, 4.69) is 12.2 Å². The topological polar surface area (TPSA) is 75.6 Å². The molecule has 0 bridgehead atoms. The Bertz CT molecular complexity index is 327. The Hall–Kier alpha value is -1.10. The second-order valence-electron chi connectivity index (χ2n) is 5.89. The molecule has 0 aromatic rings. The molecule has 0 saturated carbocycles. The average molecular weight is 271 g/mol. The molecule has 0 spiro atoms. The second kappa shape index (κ2) is 6.89. The number of hydrogen-bond donors (Lipinski definition) is 2. The number of rotatable bonds is 6. The van der Waals surface area contributed by atoms with Crippen LogP contribution in [-0.4, -0.2) is 35.2 Å². The highest BCUT2D eigenvalue weighted by molar-refractivity contribution is 5.79. The van der Waals surface area contributed by atoms with Gasteiger partial charge in [-0.2, -0.15) is 0 Å². The smallest absolute Gasteiger partial charge is 0.303 e. The molecule has 5 heteroatoms. The first-order valence-electron chi connectivity index (χ1n) is 6.99. The second-order valence-corrected chi connectivity index (χ2v) is 5.89. The predicted molar refractivity (Wildman–Crippen MR) is 71.8 cm³/mol. The van der Waals surface area contributed by atoms with Crippen LogP contribution in [-0.2, 0) is 14.3 Å². The van der Waals surface area contributed by atoms with E-state index < -0.39 is 11.5 Å². The summed E-state index contributed by atoms with van der Waals surface area (Å²) in [4.78, 5) is 22.8. The number of nitrogens with one attached hydrogen (secondary N) is 1. The van der Waals surface area contributed by atoms with Crippen LogP contribution < -0.4 is 5.32 Å². The molecule has 2 atom stereocenters. The Kier molecular flexibility index (Phi) is 5.79. The molecule has 0 aliphatic carbocycles. The van der Waals surface area contributed by atoms with Gasteiger partial charge in [0.2, 0.25) is 5.91 Å². The summed E-state index contributed by atoms with van der Waals surface area (Å²) in [6, 6.07) is 0. The summed E-state index contributed by atoms with van der Waals surface area (Å²) in [7, 11) is 0. The fraction of sp³-hybridized carbons (Fsp3) is 0.857. The first kappa shape index (κ1) is 16.0. The van der Waals surface area contributed by atoms with Crippen molar-refractivity contribution in [3.63, 3.8) is 0 Å². The van der Waals surface area contributed by atoms with E-state index in [0.717, 1.165) is 19.3 Å². The first-order chi connectivity index (χ1) is 8.84. The van der Waals surface area contributed by atoms with E-state index in [1.807, 2.05) is 13.8 Å². The monoisotopic (exact) mass is 271 g/mol. The molecule has 2 N–H and O–H groups in total. The van der Waals surface area contributed by atoms with E-state index in [-0.39, 0.29) is 24.3 Å². The molecule has 0 aromatic carbocycles. The van der Waals surface area contributed by atoms with Gasteiger partial charge in [-0.1, -0.05) is 6.92 Å². The van der Waals surface area contributed by atoms with Crippen molar-refractivity contribution in [2.45, 2.75) is 64.5 Å². The zero-order valence-corrected chi connectivity index (χ0v) is 12.1. The van der Waals surface area contributed by atoms with E-state index in [1.165, 1.54) is 0 Å². The molecule has 1 rings (SSSR count). The summed E-state index contributed by atoms with van der Waals surface area (Å²) in [6.45, 7) is 6.42. The zero-order chi connectivity index (χ0) is 14.5. The molecular weight excluding hydrogens is 246 g/mol. The summed E-state index contributed by atoms with van der Waals surface area (Å²) in [5.41, 5.74) is -0.477. The lowest BCUT2D eigenvalue weighted by molar-refractivity contribution is -0.138. The normalized spacial score (nSPS) is 23.9. The molecule has 1 heterocycles. The summed E-state index contributed by atoms with van der Waals surface area (Å²) in [6.07, 6.45) is 3.11. The van der Waals surface area contributed by atoms with Crippen LogP contribution >= 0.6 is 0 Å². The van der Waals surface area contributed by atoms with Crippen molar-refractivity contribution in [2.24, 2.45) is 5.92 Å². The van der Waals surface area contributed by atoms with Gasteiger partial charge in [0.25, 0.3) is 0 Å². The van der Waals surface area contributed by atoms with E-state index in [1.54, 1.807) is 0 Å². The van der Waals surface area contributed by atoms with Crippen LogP contribution in [0.5, 0.6) is 0 Å². The summed E-state index contributed by atoms with van der Waals surface area (Å²) >= 11 is 0. The van der Waals surface area contributed by atoms with Gasteiger partial charge in [-0.3, -0.25) is 9.59 Å². The minimum Gasteiger partial charge on any atom is -0.481 e. The van der Waals surface area contributed by atoms with Crippen LogP contribution in [0.3, 0.4) is 0 Å². The minimum absolute atomic E-state index is 0.0113. The van der Waals surface area contributed by atoms with Gasteiger partial charge in [-0.05, 0) is 39.5 Å². The number of ether oxygens (including phenoxy) is 1. The third kappa shape index (κ3) is 5.59. The lowest BCUT2D eigenvalue weighted by Crippen LogP contribution is -2.48. The molecule has 1 aliphatic rings. The lowest BCUT2D eigenvalue weighted by atomic mass is 9.91. The Morgan fingerprint density at radius 1 is 1.42 bits per heavy atom. The maximum absolute atomic E-state index is 12.2.